The zero-order chi connectivity index (χ0) is 19.2. The Morgan fingerprint density at radius 3 is 2.59 bits per heavy atom. The number of carbonyl (C=O) groups is 1. The second-order valence-corrected chi connectivity index (χ2v) is 7.01. The Morgan fingerprint density at radius 1 is 1.15 bits per heavy atom. The summed E-state index contributed by atoms with van der Waals surface area (Å²) in [6, 6.07) is 17.8. The smallest absolute Gasteiger partial charge is 0.221 e. The molecule has 0 fully saturated rings. The van der Waals surface area contributed by atoms with Crippen molar-refractivity contribution in [3.8, 4) is 0 Å². The number of azo groups is 1. The van der Waals surface area contributed by atoms with E-state index in [1.54, 1.807) is 0 Å². The second-order valence-electron chi connectivity index (χ2n) is 6.23. The summed E-state index contributed by atoms with van der Waals surface area (Å²) in [6.45, 7) is 4.16. The van der Waals surface area contributed by atoms with Gasteiger partial charge in [-0.05, 0) is 48.3 Å². The van der Waals surface area contributed by atoms with Crippen LogP contribution in [0.1, 0.15) is 18.2 Å². The average molecular weight is 379 g/mol. The molecule has 0 unspecified atom stereocenters. The highest BCUT2D eigenvalue weighted by Gasteiger charge is 2.09. The Hall–Kier alpha value is -3.06. The number of aromatic nitrogens is 1. The van der Waals surface area contributed by atoms with E-state index in [2.05, 4.69) is 37.0 Å². The Labute approximate surface area is 162 Å². The van der Waals surface area contributed by atoms with Crippen LogP contribution in [0.2, 0.25) is 0 Å². The topological polar surface area (TPSA) is 70.0 Å². The SMILES string of the molecule is CC(=O)Nc1cc(N(C)Cc2ccccc2)ccc1N=Nc1cc(C)ns1. The average Bonchev–Trinajstić information content (AvgIpc) is 3.06. The van der Waals surface area contributed by atoms with E-state index >= 15 is 0 Å². The van der Waals surface area contributed by atoms with Gasteiger partial charge in [0.2, 0.25) is 5.91 Å². The molecule has 1 N–H and O–H groups in total. The van der Waals surface area contributed by atoms with Gasteiger partial charge in [-0.2, -0.15) is 4.37 Å². The highest BCUT2D eigenvalue weighted by molar-refractivity contribution is 7.09. The number of amides is 1. The van der Waals surface area contributed by atoms with Crippen molar-refractivity contribution in [3.63, 3.8) is 0 Å². The van der Waals surface area contributed by atoms with Crippen molar-refractivity contribution in [1.29, 1.82) is 0 Å². The minimum Gasteiger partial charge on any atom is -0.370 e. The van der Waals surface area contributed by atoms with Crippen LogP contribution in [0.15, 0.2) is 64.8 Å². The Kier molecular flexibility index (Phi) is 5.93. The predicted molar refractivity (Wildman–Crippen MR) is 110 cm³/mol. The molecule has 2 aromatic carbocycles. The molecule has 0 atom stereocenters. The number of hydrogen-bond acceptors (Lipinski definition) is 6. The first-order chi connectivity index (χ1) is 13.0. The molecule has 1 heterocycles. The van der Waals surface area contributed by atoms with E-state index in [-0.39, 0.29) is 5.91 Å². The lowest BCUT2D eigenvalue weighted by Gasteiger charge is -2.20. The largest absolute Gasteiger partial charge is 0.370 e. The van der Waals surface area contributed by atoms with Crippen molar-refractivity contribution in [3.05, 3.63) is 65.9 Å². The molecule has 1 aromatic heterocycles. The first kappa shape index (κ1) is 18.7. The van der Waals surface area contributed by atoms with E-state index in [1.165, 1.54) is 24.0 Å². The van der Waals surface area contributed by atoms with Gasteiger partial charge in [-0.25, -0.2) is 0 Å². The third-order valence-electron chi connectivity index (χ3n) is 3.87. The van der Waals surface area contributed by atoms with Crippen molar-refractivity contribution in [1.82, 2.24) is 4.37 Å². The number of rotatable bonds is 6. The van der Waals surface area contributed by atoms with Gasteiger partial charge in [-0.3, -0.25) is 4.79 Å². The van der Waals surface area contributed by atoms with Gasteiger partial charge < -0.3 is 10.2 Å². The fraction of sp³-hybridized carbons (Fsp3) is 0.200. The first-order valence-electron chi connectivity index (χ1n) is 8.53. The van der Waals surface area contributed by atoms with Crippen LogP contribution in [0.5, 0.6) is 0 Å². The summed E-state index contributed by atoms with van der Waals surface area (Å²) in [5.74, 6) is -0.150. The summed E-state index contributed by atoms with van der Waals surface area (Å²) >= 11 is 1.29. The Bertz CT molecular complexity index is 952. The molecule has 6 nitrogen and oxygen atoms in total. The molecule has 27 heavy (non-hydrogen) atoms. The lowest BCUT2D eigenvalue weighted by atomic mass is 10.2. The summed E-state index contributed by atoms with van der Waals surface area (Å²) in [7, 11) is 2.02. The monoisotopic (exact) mass is 379 g/mol. The lowest BCUT2D eigenvalue weighted by Crippen LogP contribution is -2.16. The maximum Gasteiger partial charge on any atom is 0.221 e. The van der Waals surface area contributed by atoms with E-state index in [4.69, 9.17) is 0 Å². The van der Waals surface area contributed by atoms with Crippen LogP contribution in [-0.2, 0) is 11.3 Å². The van der Waals surface area contributed by atoms with E-state index in [0.717, 1.165) is 22.9 Å². The van der Waals surface area contributed by atoms with Gasteiger partial charge in [-0.15, -0.1) is 10.2 Å². The molecule has 3 rings (SSSR count). The van der Waals surface area contributed by atoms with Gasteiger partial charge in [0.05, 0.1) is 11.4 Å². The molecule has 3 aromatic rings. The molecule has 0 spiro atoms. The summed E-state index contributed by atoms with van der Waals surface area (Å²) in [5, 5.41) is 12.1. The third kappa shape index (κ3) is 5.21. The van der Waals surface area contributed by atoms with Crippen LogP contribution < -0.4 is 10.2 Å². The van der Waals surface area contributed by atoms with Gasteiger partial charge in [-0.1, -0.05) is 30.3 Å². The minimum absolute atomic E-state index is 0.150. The number of nitrogens with zero attached hydrogens (tertiary/aromatic N) is 4. The number of anilines is 2. The van der Waals surface area contributed by atoms with Crippen LogP contribution in [0, 0.1) is 6.92 Å². The molecular formula is C20H21N5OS. The fourth-order valence-electron chi connectivity index (χ4n) is 2.59. The van der Waals surface area contributed by atoms with Crippen molar-refractivity contribution in [2.45, 2.75) is 20.4 Å². The number of hydrogen-bond donors (Lipinski definition) is 1. The molecule has 0 aliphatic carbocycles. The van der Waals surface area contributed by atoms with Gasteiger partial charge in [0.1, 0.15) is 5.69 Å². The van der Waals surface area contributed by atoms with Crippen molar-refractivity contribution < 1.29 is 4.79 Å². The van der Waals surface area contributed by atoms with Crippen LogP contribution in [0.25, 0.3) is 0 Å². The third-order valence-corrected chi connectivity index (χ3v) is 4.63. The maximum atomic E-state index is 11.6. The van der Waals surface area contributed by atoms with Gasteiger partial charge in [0, 0.05) is 26.2 Å². The Morgan fingerprint density at radius 2 is 1.93 bits per heavy atom. The Balaban J connectivity index is 1.84. The molecular weight excluding hydrogens is 358 g/mol. The number of nitrogens with one attached hydrogen (secondary N) is 1. The minimum atomic E-state index is -0.150. The molecule has 0 aliphatic rings. The molecule has 7 heteroatoms. The van der Waals surface area contributed by atoms with Gasteiger partial charge in [0.15, 0.2) is 5.00 Å². The normalized spacial score (nSPS) is 10.9. The molecule has 0 bridgehead atoms. The molecule has 138 valence electrons. The van der Waals surface area contributed by atoms with Crippen molar-refractivity contribution in [2.24, 2.45) is 10.2 Å². The first-order valence-corrected chi connectivity index (χ1v) is 9.30. The highest BCUT2D eigenvalue weighted by atomic mass is 32.1. The summed E-state index contributed by atoms with van der Waals surface area (Å²) in [5.41, 5.74) is 4.34. The number of carbonyl (C=O) groups excluding carboxylic acids is 1. The standard InChI is InChI=1S/C20H21N5OS/c1-14-11-20(27-24-14)23-22-18-10-9-17(12-19(18)21-15(2)26)25(3)13-16-7-5-4-6-8-16/h4-12H,13H2,1-3H3,(H,21,26). The molecule has 0 saturated carbocycles. The zero-order valence-electron chi connectivity index (χ0n) is 15.5. The van der Waals surface area contributed by atoms with Gasteiger partial charge >= 0.3 is 0 Å². The summed E-state index contributed by atoms with van der Waals surface area (Å²) in [6.07, 6.45) is 0. The highest BCUT2D eigenvalue weighted by Crippen LogP contribution is 2.32. The fourth-order valence-corrected chi connectivity index (χ4v) is 3.18. The van der Waals surface area contributed by atoms with Crippen molar-refractivity contribution in [2.75, 3.05) is 17.3 Å². The summed E-state index contributed by atoms with van der Waals surface area (Å²) < 4.78 is 4.19. The van der Waals surface area contributed by atoms with E-state index in [1.807, 2.05) is 56.4 Å². The zero-order valence-corrected chi connectivity index (χ0v) is 16.3. The molecule has 0 radical (unpaired) electrons. The summed E-state index contributed by atoms with van der Waals surface area (Å²) in [4.78, 5) is 13.7. The number of aryl methyl sites for hydroxylation is 1. The predicted octanol–water partition coefficient (Wildman–Crippen LogP) is 5.46. The van der Waals surface area contributed by atoms with Crippen LogP contribution >= 0.6 is 11.5 Å². The maximum absolute atomic E-state index is 11.6. The molecule has 1 amide bonds. The molecule has 0 saturated heterocycles. The quantitative estimate of drug-likeness (QED) is 0.578. The van der Waals surface area contributed by atoms with E-state index < -0.39 is 0 Å². The number of benzene rings is 2. The van der Waals surface area contributed by atoms with Gasteiger partial charge in [0.25, 0.3) is 0 Å². The van der Waals surface area contributed by atoms with Crippen molar-refractivity contribution >= 4 is 39.5 Å². The van der Waals surface area contributed by atoms with E-state index in [9.17, 15) is 4.79 Å². The lowest BCUT2D eigenvalue weighted by molar-refractivity contribution is -0.114. The van der Waals surface area contributed by atoms with Crippen LogP contribution in [0.4, 0.5) is 22.1 Å². The molecule has 0 aliphatic heterocycles. The van der Waals surface area contributed by atoms with Crippen LogP contribution in [-0.4, -0.2) is 17.3 Å². The second kappa shape index (κ2) is 8.55. The van der Waals surface area contributed by atoms with Crippen LogP contribution in [0.3, 0.4) is 0 Å². The van der Waals surface area contributed by atoms with E-state index in [0.29, 0.717) is 11.4 Å².